The van der Waals surface area contributed by atoms with Gasteiger partial charge in [0.25, 0.3) is 5.91 Å². The van der Waals surface area contributed by atoms with Crippen molar-refractivity contribution in [2.45, 2.75) is 13.3 Å². The standard InChI is InChI=1S/C20H18N2O/c1-2-15-7-11-18(12-8-15)20(23)22-21-14-16-9-10-17-5-3-4-6-19(17)13-16/h3-14H,2H2,1H3,(H,22,23)/b21-14-. The Morgan fingerprint density at radius 3 is 2.48 bits per heavy atom. The number of hydrogen-bond acceptors (Lipinski definition) is 2. The van der Waals surface area contributed by atoms with E-state index in [9.17, 15) is 4.79 Å². The molecule has 3 nitrogen and oxygen atoms in total. The molecule has 3 rings (SSSR count). The summed E-state index contributed by atoms with van der Waals surface area (Å²) in [6.07, 6.45) is 2.62. The first-order valence-corrected chi connectivity index (χ1v) is 7.67. The average molecular weight is 302 g/mol. The van der Waals surface area contributed by atoms with Crippen LogP contribution in [0, 0.1) is 0 Å². The van der Waals surface area contributed by atoms with Crippen LogP contribution in [0.4, 0.5) is 0 Å². The summed E-state index contributed by atoms with van der Waals surface area (Å²) in [5.74, 6) is -0.204. The van der Waals surface area contributed by atoms with E-state index < -0.39 is 0 Å². The van der Waals surface area contributed by atoms with Crippen LogP contribution in [-0.4, -0.2) is 12.1 Å². The van der Waals surface area contributed by atoms with Crippen molar-refractivity contribution in [1.82, 2.24) is 5.43 Å². The highest BCUT2D eigenvalue weighted by Crippen LogP contribution is 2.14. The maximum absolute atomic E-state index is 12.0. The molecular weight excluding hydrogens is 284 g/mol. The molecule has 1 N–H and O–H groups in total. The van der Waals surface area contributed by atoms with Gasteiger partial charge in [0.2, 0.25) is 0 Å². The zero-order chi connectivity index (χ0) is 16.1. The lowest BCUT2D eigenvalue weighted by Gasteiger charge is -2.02. The Labute approximate surface area is 135 Å². The quantitative estimate of drug-likeness (QED) is 0.570. The van der Waals surface area contributed by atoms with Crippen molar-refractivity contribution in [1.29, 1.82) is 0 Å². The number of carbonyl (C=O) groups is 1. The molecule has 0 radical (unpaired) electrons. The predicted molar refractivity (Wildman–Crippen MR) is 94.8 cm³/mol. The number of hydrogen-bond donors (Lipinski definition) is 1. The zero-order valence-corrected chi connectivity index (χ0v) is 13.0. The number of amides is 1. The number of fused-ring (bicyclic) bond motifs is 1. The molecule has 0 bridgehead atoms. The van der Waals surface area contributed by atoms with E-state index in [-0.39, 0.29) is 5.91 Å². The van der Waals surface area contributed by atoms with Crippen molar-refractivity contribution in [3.05, 3.63) is 83.4 Å². The van der Waals surface area contributed by atoms with Gasteiger partial charge in [0, 0.05) is 5.56 Å². The molecule has 0 heterocycles. The molecule has 0 aliphatic carbocycles. The van der Waals surface area contributed by atoms with E-state index in [2.05, 4.69) is 29.6 Å². The highest BCUT2D eigenvalue weighted by Gasteiger charge is 2.03. The van der Waals surface area contributed by atoms with Gasteiger partial charge in [-0.1, -0.05) is 55.5 Å². The number of hydrazone groups is 1. The number of benzene rings is 3. The average Bonchev–Trinajstić information content (AvgIpc) is 2.61. The van der Waals surface area contributed by atoms with Gasteiger partial charge in [-0.25, -0.2) is 5.43 Å². The van der Waals surface area contributed by atoms with E-state index in [1.54, 1.807) is 6.21 Å². The smallest absolute Gasteiger partial charge is 0.267 e. The molecule has 0 aliphatic rings. The van der Waals surface area contributed by atoms with Crippen LogP contribution >= 0.6 is 0 Å². The minimum atomic E-state index is -0.204. The number of nitrogens with zero attached hydrogens (tertiary/aromatic N) is 1. The van der Waals surface area contributed by atoms with E-state index in [1.165, 1.54) is 10.9 Å². The molecule has 0 aromatic heterocycles. The summed E-state index contributed by atoms with van der Waals surface area (Å²) in [6, 6.07) is 21.8. The maximum Gasteiger partial charge on any atom is 0.271 e. The zero-order valence-electron chi connectivity index (χ0n) is 13.0. The van der Waals surface area contributed by atoms with Crippen molar-refractivity contribution in [3.8, 4) is 0 Å². The molecule has 0 aliphatic heterocycles. The third-order valence-electron chi connectivity index (χ3n) is 3.78. The molecule has 0 atom stereocenters. The normalized spacial score (nSPS) is 11.0. The number of carbonyl (C=O) groups excluding carboxylic acids is 1. The van der Waals surface area contributed by atoms with Gasteiger partial charge < -0.3 is 0 Å². The van der Waals surface area contributed by atoms with Gasteiger partial charge in [0.05, 0.1) is 6.21 Å². The Bertz CT molecular complexity index is 851. The molecule has 23 heavy (non-hydrogen) atoms. The van der Waals surface area contributed by atoms with Gasteiger partial charge in [0.15, 0.2) is 0 Å². The van der Waals surface area contributed by atoms with Gasteiger partial charge in [-0.2, -0.15) is 5.10 Å². The van der Waals surface area contributed by atoms with Crippen LogP contribution in [0.3, 0.4) is 0 Å². The summed E-state index contributed by atoms with van der Waals surface area (Å²) in [6.45, 7) is 2.09. The molecule has 3 heteroatoms. The Morgan fingerprint density at radius 2 is 1.74 bits per heavy atom. The molecule has 114 valence electrons. The lowest BCUT2D eigenvalue weighted by Crippen LogP contribution is -2.17. The Morgan fingerprint density at radius 1 is 1.00 bits per heavy atom. The van der Waals surface area contributed by atoms with Gasteiger partial charge >= 0.3 is 0 Å². The molecule has 3 aromatic carbocycles. The van der Waals surface area contributed by atoms with Crippen molar-refractivity contribution >= 4 is 22.9 Å². The lowest BCUT2D eigenvalue weighted by atomic mass is 10.1. The van der Waals surface area contributed by atoms with Crippen LogP contribution in [0.5, 0.6) is 0 Å². The Balaban J connectivity index is 1.68. The third kappa shape index (κ3) is 3.64. The Hall–Kier alpha value is -2.94. The van der Waals surface area contributed by atoms with E-state index in [4.69, 9.17) is 0 Å². The molecule has 0 spiro atoms. The number of rotatable bonds is 4. The van der Waals surface area contributed by atoms with Gasteiger partial charge in [0.1, 0.15) is 0 Å². The summed E-state index contributed by atoms with van der Waals surface area (Å²) < 4.78 is 0. The predicted octanol–water partition coefficient (Wildman–Crippen LogP) is 4.17. The summed E-state index contributed by atoms with van der Waals surface area (Å²) in [5, 5.41) is 6.38. The minimum absolute atomic E-state index is 0.204. The first-order valence-electron chi connectivity index (χ1n) is 7.67. The van der Waals surface area contributed by atoms with Crippen LogP contribution in [0.1, 0.15) is 28.4 Å². The van der Waals surface area contributed by atoms with Crippen molar-refractivity contribution in [2.24, 2.45) is 5.10 Å². The second-order valence-corrected chi connectivity index (χ2v) is 5.36. The summed E-state index contributed by atoms with van der Waals surface area (Å²) >= 11 is 0. The van der Waals surface area contributed by atoms with Gasteiger partial charge in [-0.15, -0.1) is 0 Å². The second-order valence-electron chi connectivity index (χ2n) is 5.36. The van der Waals surface area contributed by atoms with E-state index in [0.29, 0.717) is 5.56 Å². The van der Waals surface area contributed by atoms with E-state index in [1.807, 2.05) is 54.6 Å². The fourth-order valence-electron chi connectivity index (χ4n) is 2.41. The summed E-state index contributed by atoms with van der Waals surface area (Å²) in [5.41, 5.74) is 5.33. The highest BCUT2D eigenvalue weighted by molar-refractivity contribution is 5.95. The SMILES string of the molecule is CCc1ccc(C(=O)N/N=C\c2ccc3ccccc3c2)cc1. The monoisotopic (exact) mass is 302 g/mol. The number of nitrogens with one attached hydrogen (secondary N) is 1. The molecule has 0 fully saturated rings. The second kappa shape index (κ2) is 6.88. The summed E-state index contributed by atoms with van der Waals surface area (Å²) in [7, 11) is 0. The Kier molecular flexibility index (Phi) is 4.48. The van der Waals surface area contributed by atoms with Crippen molar-refractivity contribution < 1.29 is 4.79 Å². The highest BCUT2D eigenvalue weighted by atomic mass is 16.2. The fourth-order valence-corrected chi connectivity index (χ4v) is 2.41. The van der Waals surface area contributed by atoms with E-state index >= 15 is 0 Å². The van der Waals surface area contributed by atoms with Crippen LogP contribution in [0.2, 0.25) is 0 Å². The van der Waals surface area contributed by atoms with Gasteiger partial charge in [-0.3, -0.25) is 4.79 Å². The van der Waals surface area contributed by atoms with Crippen molar-refractivity contribution in [3.63, 3.8) is 0 Å². The minimum Gasteiger partial charge on any atom is -0.267 e. The maximum atomic E-state index is 12.0. The molecular formula is C20H18N2O. The topological polar surface area (TPSA) is 41.5 Å². The van der Waals surface area contributed by atoms with Gasteiger partial charge in [-0.05, 0) is 46.5 Å². The van der Waals surface area contributed by atoms with Crippen LogP contribution in [0.25, 0.3) is 10.8 Å². The van der Waals surface area contributed by atoms with E-state index in [0.717, 1.165) is 17.4 Å². The molecule has 1 amide bonds. The molecule has 0 saturated carbocycles. The molecule has 0 unspecified atom stereocenters. The largest absolute Gasteiger partial charge is 0.271 e. The first kappa shape index (κ1) is 15.0. The third-order valence-corrected chi connectivity index (χ3v) is 3.78. The lowest BCUT2D eigenvalue weighted by molar-refractivity contribution is 0.0955. The fraction of sp³-hybridized carbons (Fsp3) is 0.100. The van der Waals surface area contributed by atoms with Crippen LogP contribution in [-0.2, 0) is 6.42 Å². The molecule has 0 saturated heterocycles. The molecule has 3 aromatic rings. The first-order chi connectivity index (χ1) is 11.3. The van der Waals surface area contributed by atoms with Crippen LogP contribution < -0.4 is 5.43 Å². The van der Waals surface area contributed by atoms with Crippen LogP contribution in [0.15, 0.2) is 71.8 Å². The summed E-state index contributed by atoms with van der Waals surface area (Å²) in [4.78, 5) is 12.0. The van der Waals surface area contributed by atoms with Crippen molar-refractivity contribution in [2.75, 3.05) is 0 Å². The number of aryl methyl sites for hydroxylation is 1.